The van der Waals surface area contributed by atoms with Crippen molar-refractivity contribution in [3.8, 4) is 0 Å². The molecule has 0 spiro atoms. The third-order valence-corrected chi connectivity index (χ3v) is 27.6. The molecule has 0 aromatic rings. The third kappa shape index (κ3) is 15.2. The zero-order valence-corrected chi connectivity index (χ0v) is 33.6. The standard InChI is InChI=1S/2C12H27OSi.2C6H11O.Ti/c2*1-4-7-10-14(13,11-8-5-2)12-9-6-3;2*7-6-4-2-1-3-5-6;/h2*4-12H2,1-3H3;2*6H,1-5H2;/q4*-1;+4. The minimum atomic E-state index is -4.16. The van der Waals surface area contributed by atoms with Crippen molar-refractivity contribution in [3.63, 3.8) is 0 Å². The van der Waals surface area contributed by atoms with Gasteiger partial charge in [0.1, 0.15) is 0 Å². The van der Waals surface area contributed by atoms with Gasteiger partial charge in [0.15, 0.2) is 0 Å². The first-order chi connectivity index (χ1) is 20.9. The topological polar surface area (TPSA) is 36.9 Å². The molecule has 2 saturated carbocycles. The summed E-state index contributed by atoms with van der Waals surface area (Å²) in [6, 6.07) is 7.56. The summed E-state index contributed by atoms with van der Waals surface area (Å²) in [4.78, 5) is 0. The number of rotatable bonds is 26. The number of hydrogen-bond donors (Lipinski definition) is 0. The molecule has 0 atom stereocenters. The summed E-state index contributed by atoms with van der Waals surface area (Å²) < 4.78 is 31.2. The van der Waals surface area contributed by atoms with Crippen LogP contribution >= 0.6 is 0 Å². The molecular weight excluding hydrogens is 600 g/mol. The van der Waals surface area contributed by atoms with E-state index in [-0.39, 0.29) is 12.2 Å². The molecule has 0 radical (unpaired) electrons. The van der Waals surface area contributed by atoms with Gasteiger partial charge in [-0.15, -0.1) is 0 Å². The predicted octanol–water partition coefficient (Wildman–Crippen LogP) is 13.2. The molecular formula is C36H76O4Si2Ti. The van der Waals surface area contributed by atoms with E-state index in [1.807, 2.05) is 0 Å². The van der Waals surface area contributed by atoms with Crippen molar-refractivity contribution in [2.45, 2.75) is 231 Å². The van der Waals surface area contributed by atoms with E-state index in [2.05, 4.69) is 41.5 Å². The van der Waals surface area contributed by atoms with Gasteiger partial charge in [-0.2, -0.15) is 0 Å². The Morgan fingerprint density at radius 1 is 0.419 bits per heavy atom. The maximum atomic E-state index is 8.03. The molecule has 4 nitrogen and oxygen atoms in total. The number of hydrogen-bond acceptors (Lipinski definition) is 4. The van der Waals surface area contributed by atoms with Crippen LogP contribution in [0.5, 0.6) is 0 Å². The van der Waals surface area contributed by atoms with Gasteiger partial charge < -0.3 is 0 Å². The average Bonchev–Trinajstić information content (AvgIpc) is 3.03. The van der Waals surface area contributed by atoms with E-state index in [9.17, 15) is 0 Å². The summed E-state index contributed by atoms with van der Waals surface area (Å²) in [5, 5.41) is 0. The first kappa shape index (κ1) is 40.2. The molecule has 256 valence electrons. The van der Waals surface area contributed by atoms with Gasteiger partial charge in [-0.05, 0) is 0 Å². The molecule has 0 aromatic carbocycles. The molecule has 0 amide bonds. The van der Waals surface area contributed by atoms with E-state index < -0.39 is 34.8 Å². The first-order valence-electron chi connectivity index (χ1n) is 19.7. The van der Waals surface area contributed by atoms with Crippen molar-refractivity contribution < 1.29 is 30.8 Å². The Labute approximate surface area is 277 Å². The van der Waals surface area contributed by atoms with Crippen LogP contribution in [-0.2, 0) is 30.8 Å². The van der Waals surface area contributed by atoms with Crippen LogP contribution < -0.4 is 0 Å². The van der Waals surface area contributed by atoms with Crippen molar-refractivity contribution in [2.75, 3.05) is 0 Å². The Kier molecular flexibility index (Phi) is 21.8. The predicted molar refractivity (Wildman–Crippen MR) is 188 cm³/mol. The van der Waals surface area contributed by atoms with Crippen LogP contribution in [0.4, 0.5) is 0 Å². The fraction of sp³-hybridized carbons (Fsp3) is 1.00. The second-order valence-electron chi connectivity index (χ2n) is 14.4. The molecule has 0 unspecified atom stereocenters. The average molecular weight is 677 g/mol. The summed E-state index contributed by atoms with van der Waals surface area (Å²) in [6.07, 6.45) is 28.1. The molecule has 0 aliphatic heterocycles. The summed E-state index contributed by atoms with van der Waals surface area (Å²) in [5.74, 6) is 0. The van der Waals surface area contributed by atoms with Gasteiger partial charge in [0.25, 0.3) is 0 Å². The summed E-state index contributed by atoms with van der Waals surface area (Å²) in [5.41, 5.74) is 0. The summed E-state index contributed by atoms with van der Waals surface area (Å²) in [6.45, 7) is 14.2. The van der Waals surface area contributed by atoms with Gasteiger partial charge in [-0.25, -0.2) is 0 Å². The second kappa shape index (κ2) is 23.3. The fourth-order valence-electron chi connectivity index (χ4n) is 7.50. The quantitative estimate of drug-likeness (QED) is 0.0855. The van der Waals surface area contributed by atoms with Crippen molar-refractivity contribution in [3.05, 3.63) is 0 Å². The Hall–Kier alpha value is 0.988. The SMILES string of the molecule is CCCC[Si](CCCC)(CCCC)[O][Ti]([O]C1CCCCC1)([O]C1CCCCC1)[O][Si](CCCC)(CCCC)CCCC. The van der Waals surface area contributed by atoms with Gasteiger partial charge >= 0.3 is 279 Å². The molecule has 2 rings (SSSR count). The normalized spacial score (nSPS) is 18.0. The van der Waals surface area contributed by atoms with Crippen LogP contribution in [0.25, 0.3) is 0 Å². The van der Waals surface area contributed by atoms with Crippen LogP contribution in [-0.4, -0.2) is 28.8 Å². The second-order valence-corrected chi connectivity index (χ2v) is 26.8. The van der Waals surface area contributed by atoms with Crippen LogP contribution in [0.1, 0.15) is 183 Å². The van der Waals surface area contributed by atoms with Crippen molar-refractivity contribution in [1.29, 1.82) is 0 Å². The van der Waals surface area contributed by atoms with Crippen molar-refractivity contribution in [2.24, 2.45) is 0 Å². The molecule has 7 heteroatoms. The number of unbranched alkanes of at least 4 members (excludes halogenated alkanes) is 6. The monoisotopic (exact) mass is 676 g/mol. The van der Waals surface area contributed by atoms with E-state index in [1.165, 1.54) is 152 Å². The Morgan fingerprint density at radius 3 is 0.907 bits per heavy atom. The van der Waals surface area contributed by atoms with Crippen LogP contribution in [0.15, 0.2) is 0 Å². The molecule has 2 fully saturated rings. The molecule has 43 heavy (non-hydrogen) atoms. The van der Waals surface area contributed by atoms with Crippen molar-refractivity contribution in [1.82, 2.24) is 0 Å². The van der Waals surface area contributed by atoms with E-state index in [0.29, 0.717) is 0 Å². The zero-order valence-electron chi connectivity index (χ0n) is 30.1. The molecule has 2 aliphatic rings. The molecule has 0 bridgehead atoms. The summed E-state index contributed by atoms with van der Waals surface area (Å²) in [7, 11) is -4.25. The summed E-state index contributed by atoms with van der Waals surface area (Å²) >= 11 is -4.16. The molecule has 0 saturated heterocycles. The Balaban J connectivity index is 2.68. The van der Waals surface area contributed by atoms with E-state index in [4.69, 9.17) is 12.7 Å². The maximum absolute atomic E-state index is 8.03. The third-order valence-electron chi connectivity index (χ3n) is 10.3. The van der Waals surface area contributed by atoms with E-state index in [0.717, 1.165) is 25.7 Å². The van der Waals surface area contributed by atoms with Crippen molar-refractivity contribution >= 4 is 16.6 Å². The first-order valence-corrected chi connectivity index (χ1v) is 27.3. The molecule has 2 aliphatic carbocycles. The van der Waals surface area contributed by atoms with Crippen LogP contribution in [0, 0.1) is 0 Å². The van der Waals surface area contributed by atoms with Gasteiger partial charge in [-0.1, -0.05) is 0 Å². The van der Waals surface area contributed by atoms with Crippen LogP contribution in [0.3, 0.4) is 0 Å². The van der Waals surface area contributed by atoms with Crippen LogP contribution in [0.2, 0.25) is 36.3 Å². The van der Waals surface area contributed by atoms with Gasteiger partial charge in [-0.3, -0.25) is 0 Å². The fourth-order valence-corrected chi connectivity index (χ4v) is 28.4. The van der Waals surface area contributed by atoms with Gasteiger partial charge in [0, 0.05) is 0 Å². The van der Waals surface area contributed by atoms with E-state index >= 15 is 0 Å². The Bertz CT molecular complexity index is 570. The molecule has 0 aromatic heterocycles. The molecule has 0 N–H and O–H groups in total. The van der Waals surface area contributed by atoms with Gasteiger partial charge in [0.2, 0.25) is 0 Å². The van der Waals surface area contributed by atoms with E-state index in [1.54, 1.807) is 0 Å². The minimum absolute atomic E-state index is 0.266. The molecule has 0 heterocycles. The Morgan fingerprint density at radius 2 is 0.674 bits per heavy atom. The van der Waals surface area contributed by atoms with Gasteiger partial charge in [0.05, 0.1) is 0 Å². The zero-order chi connectivity index (χ0) is 31.3.